The van der Waals surface area contributed by atoms with Gasteiger partial charge in [0.1, 0.15) is 23.7 Å². The predicted molar refractivity (Wildman–Crippen MR) is 76.6 cm³/mol. The van der Waals surface area contributed by atoms with Crippen LogP contribution in [0.4, 0.5) is 4.39 Å². The van der Waals surface area contributed by atoms with E-state index in [9.17, 15) is 9.18 Å². The molecule has 0 aliphatic rings. The highest BCUT2D eigenvalue weighted by molar-refractivity contribution is 9.10. The fourth-order valence-corrected chi connectivity index (χ4v) is 2.11. The molecule has 0 spiro atoms. The van der Waals surface area contributed by atoms with Crippen molar-refractivity contribution in [2.24, 2.45) is 0 Å². The highest BCUT2D eigenvalue weighted by Gasteiger charge is 2.12. The molecule has 1 N–H and O–H groups in total. The minimum atomic E-state index is -1.05. The number of hydrogen-bond donors (Lipinski definition) is 1. The number of carboxylic acid groups (broad SMARTS) is 1. The maximum Gasteiger partial charge on any atom is 0.339 e. The van der Waals surface area contributed by atoms with E-state index in [-0.39, 0.29) is 23.7 Å². The standard InChI is InChI=1S/C15H12BrFO3/c1-9-6-12(17)4-2-10(9)8-20-14-7-11(16)3-5-13(14)15(18)19/h2-7H,8H2,1H3,(H,18,19). The van der Waals surface area contributed by atoms with Crippen molar-refractivity contribution >= 4 is 21.9 Å². The van der Waals surface area contributed by atoms with Crippen LogP contribution in [0, 0.1) is 12.7 Å². The third kappa shape index (κ3) is 3.36. The summed E-state index contributed by atoms with van der Waals surface area (Å²) in [5, 5.41) is 9.10. The molecule has 0 saturated carbocycles. The molecule has 0 atom stereocenters. The Morgan fingerprint density at radius 2 is 2.05 bits per heavy atom. The number of carbonyl (C=O) groups is 1. The molecule has 0 aliphatic carbocycles. The molecule has 20 heavy (non-hydrogen) atoms. The van der Waals surface area contributed by atoms with E-state index in [2.05, 4.69) is 15.9 Å². The molecule has 0 fully saturated rings. The zero-order valence-corrected chi connectivity index (χ0v) is 12.3. The van der Waals surface area contributed by atoms with Gasteiger partial charge < -0.3 is 9.84 Å². The Bertz CT molecular complexity index is 656. The SMILES string of the molecule is Cc1cc(F)ccc1COc1cc(Br)ccc1C(=O)O. The second-order valence-electron chi connectivity index (χ2n) is 4.31. The quantitative estimate of drug-likeness (QED) is 0.909. The molecule has 2 aromatic carbocycles. The number of ether oxygens (including phenoxy) is 1. The lowest BCUT2D eigenvalue weighted by molar-refractivity contribution is 0.0691. The first-order chi connectivity index (χ1) is 9.47. The van der Waals surface area contributed by atoms with Crippen molar-refractivity contribution in [1.82, 2.24) is 0 Å². The van der Waals surface area contributed by atoms with Crippen molar-refractivity contribution in [3.8, 4) is 5.75 Å². The van der Waals surface area contributed by atoms with Gasteiger partial charge in [-0.2, -0.15) is 0 Å². The summed E-state index contributed by atoms with van der Waals surface area (Å²) in [6.45, 7) is 1.96. The van der Waals surface area contributed by atoms with Crippen LogP contribution in [0.25, 0.3) is 0 Å². The van der Waals surface area contributed by atoms with Gasteiger partial charge in [0.2, 0.25) is 0 Å². The molecule has 5 heteroatoms. The van der Waals surface area contributed by atoms with Gasteiger partial charge in [-0.1, -0.05) is 22.0 Å². The van der Waals surface area contributed by atoms with Crippen molar-refractivity contribution in [1.29, 1.82) is 0 Å². The Hall–Kier alpha value is -1.88. The van der Waals surface area contributed by atoms with Crippen LogP contribution in [-0.4, -0.2) is 11.1 Å². The van der Waals surface area contributed by atoms with Crippen molar-refractivity contribution in [2.75, 3.05) is 0 Å². The normalized spacial score (nSPS) is 10.3. The van der Waals surface area contributed by atoms with Crippen LogP contribution in [0.2, 0.25) is 0 Å². The topological polar surface area (TPSA) is 46.5 Å². The van der Waals surface area contributed by atoms with Gasteiger partial charge in [0.05, 0.1) is 0 Å². The molecule has 3 nitrogen and oxygen atoms in total. The summed E-state index contributed by atoms with van der Waals surface area (Å²) in [4.78, 5) is 11.1. The minimum Gasteiger partial charge on any atom is -0.488 e. The van der Waals surface area contributed by atoms with Crippen molar-refractivity contribution in [3.05, 3.63) is 63.4 Å². The fourth-order valence-electron chi connectivity index (χ4n) is 1.77. The van der Waals surface area contributed by atoms with Crippen LogP contribution in [0.3, 0.4) is 0 Å². The minimum absolute atomic E-state index is 0.0907. The Labute approximate surface area is 124 Å². The summed E-state index contributed by atoms with van der Waals surface area (Å²) in [5.41, 5.74) is 1.66. The number of hydrogen-bond acceptors (Lipinski definition) is 2. The molecule has 0 unspecified atom stereocenters. The molecule has 0 heterocycles. The lowest BCUT2D eigenvalue weighted by Crippen LogP contribution is -2.04. The maximum atomic E-state index is 13.0. The van der Waals surface area contributed by atoms with Gasteiger partial charge in [-0.05, 0) is 48.4 Å². The summed E-state index contributed by atoms with van der Waals surface area (Å²) in [7, 11) is 0. The van der Waals surface area contributed by atoms with E-state index in [1.165, 1.54) is 18.2 Å². The number of aryl methyl sites for hydroxylation is 1. The second kappa shape index (κ2) is 6.05. The van der Waals surface area contributed by atoms with Gasteiger partial charge in [0.25, 0.3) is 0 Å². The first-order valence-electron chi connectivity index (χ1n) is 5.88. The Morgan fingerprint density at radius 3 is 2.70 bits per heavy atom. The molecule has 2 aromatic rings. The lowest BCUT2D eigenvalue weighted by atomic mass is 10.1. The van der Waals surface area contributed by atoms with Gasteiger partial charge in [-0.25, -0.2) is 9.18 Å². The van der Waals surface area contributed by atoms with Crippen LogP contribution in [0.15, 0.2) is 40.9 Å². The lowest BCUT2D eigenvalue weighted by Gasteiger charge is -2.11. The second-order valence-corrected chi connectivity index (χ2v) is 5.22. The van der Waals surface area contributed by atoms with Crippen LogP contribution >= 0.6 is 15.9 Å². The molecule has 104 valence electrons. The maximum absolute atomic E-state index is 13.0. The van der Waals surface area contributed by atoms with E-state index in [4.69, 9.17) is 9.84 Å². The van der Waals surface area contributed by atoms with E-state index in [1.54, 1.807) is 25.1 Å². The summed E-state index contributed by atoms with van der Waals surface area (Å²) in [6.07, 6.45) is 0. The van der Waals surface area contributed by atoms with Gasteiger partial charge in [-0.15, -0.1) is 0 Å². The van der Waals surface area contributed by atoms with E-state index >= 15 is 0 Å². The Kier molecular flexibility index (Phi) is 4.39. The zero-order chi connectivity index (χ0) is 14.7. The van der Waals surface area contributed by atoms with Crippen LogP contribution in [0.5, 0.6) is 5.75 Å². The molecular weight excluding hydrogens is 327 g/mol. The number of aromatic carboxylic acids is 1. The van der Waals surface area contributed by atoms with Crippen LogP contribution in [0.1, 0.15) is 21.5 Å². The van der Waals surface area contributed by atoms with Crippen molar-refractivity contribution < 1.29 is 19.0 Å². The number of rotatable bonds is 4. The van der Waals surface area contributed by atoms with Crippen molar-refractivity contribution in [3.63, 3.8) is 0 Å². The molecule has 0 amide bonds. The van der Waals surface area contributed by atoms with Gasteiger partial charge >= 0.3 is 5.97 Å². The fraction of sp³-hybridized carbons (Fsp3) is 0.133. The monoisotopic (exact) mass is 338 g/mol. The highest BCUT2D eigenvalue weighted by atomic mass is 79.9. The third-order valence-corrected chi connectivity index (χ3v) is 3.36. The Balaban J connectivity index is 2.22. The number of benzene rings is 2. The summed E-state index contributed by atoms with van der Waals surface area (Å²) >= 11 is 3.27. The first-order valence-corrected chi connectivity index (χ1v) is 6.67. The molecule has 0 radical (unpaired) electrons. The third-order valence-electron chi connectivity index (χ3n) is 2.86. The molecule has 2 rings (SSSR count). The van der Waals surface area contributed by atoms with E-state index in [0.717, 1.165) is 15.6 Å². The molecule has 0 aliphatic heterocycles. The van der Waals surface area contributed by atoms with Gasteiger partial charge in [0, 0.05) is 4.47 Å². The van der Waals surface area contributed by atoms with Gasteiger partial charge in [0.15, 0.2) is 0 Å². The van der Waals surface area contributed by atoms with E-state index < -0.39 is 5.97 Å². The van der Waals surface area contributed by atoms with Crippen molar-refractivity contribution in [2.45, 2.75) is 13.5 Å². The van der Waals surface area contributed by atoms with E-state index in [0.29, 0.717) is 0 Å². The average molecular weight is 339 g/mol. The summed E-state index contributed by atoms with van der Waals surface area (Å²) in [5.74, 6) is -1.08. The number of carboxylic acids is 1. The number of halogens is 2. The molecule has 0 bridgehead atoms. The zero-order valence-electron chi connectivity index (χ0n) is 10.7. The largest absolute Gasteiger partial charge is 0.488 e. The molecule has 0 aromatic heterocycles. The molecular formula is C15H12BrFO3. The predicted octanol–water partition coefficient (Wildman–Crippen LogP) is 4.17. The Morgan fingerprint density at radius 1 is 1.30 bits per heavy atom. The molecule has 0 saturated heterocycles. The van der Waals surface area contributed by atoms with Crippen LogP contribution < -0.4 is 4.74 Å². The summed E-state index contributed by atoms with van der Waals surface area (Å²) in [6, 6.07) is 9.10. The highest BCUT2D eigenvalue weighted by Crippen LogP contribution is 2.25. The summed E-state index contributed by atoms with van der Waals surface area (Å²) < 4.78 is 19.3. The van der Waals surface area contributed by atoms with Gasteiger partial charge in [-0.3, -0.25) is 0 Å². The van der Waals surface area contributed by atoms with Crippen LogP contribution in [-0.2, 0) is 6.61 Å². The van der Waals surface area contributed by atoms with E-state index in [1.807, 2.05) is 0 Å². The first kappa shape index (κ1) is 14.5. The average Bonchev–Trinajstić information content (AvgIpc) is 2.37. The smallest absolute Gasteiger partial charge is 0.339 e.